The third-order valence-corrected chi connectivity index (χ3v) is 4.97. The minimum absolute atomic E-state index is 0.236. The zero-order chi connectivity index (χ0) is 16.7. The monoisotopic (exact) mass is 327 g/mol. The van der Waals surface area contributed by atoms with Gasteiger partial charge in [0.1, 0.15) is 0 Å². The zero-order valence-electron chi connectivity index (χ0n) is 15.4. The molecule has 0 aromatic carbocycles. The molecule has 0 aliphatic carbocycles. The zero-order valence-corrected chi connectivity index (χ0v) is 15.4. The molecular weight excluding hydrogens is 290 g/mol. The van der Waals surface area contributed by atoms with Crippen LogP contribution in [0.5, 0.6) is 0 Å². The maximum absolute atomic E-state index is 9.61. The maximum Gasteiger partial charge on any atom is 0.0594 e. The number of hydrogen-bond acceptors (Lipinski definition) is 5. The van der Waals surface area contributed by atoms with Crippen molar-refractivity contribution in [2.24, 2.45) is 5.41 Å². The van der Waals surface area contributed by atoms with Crippen LogP contribution in [-0.2, 0) is 4.74 Å². The Morgan fingerprint density at radius 3 is 2.13 bits per heavy atom. The van der Waals surface area contributed by atoms with Crippen molar-refractivity contribution in [1.29, 1.82) is 0 Å². The largest absolute Gasteiger partial charge is 0.395 e. The number of aliphatic hydroxyl groups is 1. The molecule has 2 aliphatic heterocycles. The van der Waals surface area contributed by atoms with Gasteiger partial charge in [-0.05, 0) is 37.8 Å². The molecule has 0 aromatic rings. The minimum Gasteiger partial charge on any atom is -0.395 e. The summed E-state index contributed by atoms with van der Waals surface area (Å²) in [6.45, 7) is 15.6. The number of nitrogens with zero attached hydrogens (tertiary/aromatic N) is 2. The molecule has 0 aromatic heterocycles. The lowest BCUT2D eigenvalue weighted by molar-refractivity contribution is 0.0316. The Morgan fingerprint density at radius 1 is 1.04 bits per heavy atom. The summed E-state index contributed by atoms with van der Waals surface area (Å²) in [7, 11) is 0. The second-order valence-electron chi connectivity index (χ2n) is 8.38. The first-order chi connectivity index (χ1) is 11.0. The van der Waals surface area contributed by atoms with Gasteiger partial charge in [-0.15, -0.1) is 0 Å². The number of likely N-dealkylation sites (tertiary alicyclic amines) is 1. The summed E-state index contributed by atoms with van der Waals surface area (Å²) >= 11 is 0. The van der Waals surface area contributed by atoms with Crippen LogP contribution >= 0.6 is 0 Å². The SMILES string of the molecule is CC(C)(C)CC(CO)NC1CCN(CCN2CCOCC2)CC1. The van der Waals surface area contributed by atoms with Gasteiger partial charge in [-0.2, -0.15) is 0 Å². The van der Waals surface area contributed by atoms with Crippen LogP contribution in [0.2, 0.25) is 0 Å². The molecule has 2 rings (SSSR count). The van der Waals surface area contributed by atoms with Crippen molar-refractivity contribution >= 4 is 0 Å². The Morgan fingerprint density at radius 2 is 1.61 bits per heavy atom. The van der Waals surface area contributed by atoms with Crippen molar-refractivity contribution in [2.75, 3.05) is 59.1 Å². The van der Waals surface area contributed by atoms with Gasteiger partial charge in [0.2, 0.25) is 0 Å². The summed E-state index contributed by atoms with van der Waals surface area (Å²) in [4.78, 5) is 5.10. The van der Waals surface area contributed by atoms with Gasteiger partial charge in [0.05, 0.1) is 19.8 Å². The number of nitrogens with one attached hydrogen (secondary N) is 1. The second kappa shape index (κ2) is 9.33. The third-order valence-electron chi connectivity index (χ3n) is 4.97. The Balaban J connectivity index is 1.62. The fourth-order valence-electron chi connectivity index (χ4n) is 3.68. The van der Waals surface area contributed by atoms with Crippen molar-refractivity contribution in [2.45, 2.75) is 52.1 Å². The minimum atomic E-state index is 0.236. The second-order valence-corrected chi connectivity index (χ2v) is 8.38. The molecule has 2 saturated heterocycles. The lowest BCUT2D eigenvalue weighted by Gasteiger charge is -2.37. The number of hydrogen-bond donors (Lipinski definition) is 2. The highest BCUT2D eigenvalue weighted by molar-refractivity contribution is 4.83. The first-order valence-corrected chi connectivity index (χ1v) is 9.35. The molecule has 2 N–H and O–H groups in total. The molecule has 23 heavy (non-hydrogen) atoms. The average Bonchev–Trinajstić information content (AvgIpc) is 2.53. The molecule has 0 saturated carbocycles. The van der Waals surface area contributed by atoms with Gasteiger partial charge in [-0.25, -0.2) is 0 Å². The predicted octanol–water partition coefficient (Wildman–Crippen LogP) is 1.17. The van der Waals surface area contributed by atoms with Crippen molar-refractivity contribution in [3.63, 3.8) is 0 Å². The van der Waals surface area contributed by atoms with Crippen LogP contribution in [0.4, 0.5) is 0 Å². The van der Waals surface area contributed by atoms with Crippen LogP contribution in [0.1, 0.15) is 40.0 Å². The summed E-state index contributed by atoms with van der Waals surface area (Å²) in [5.74, 6) is 0. The molecule has 0 bridgehead atoms. The fraction of sp³-hybridized carbons (Fsp3) is 1.00. The van der Waals surface area contributed by atoms with Crippen LogP contribution in [0.25, 0.3) is 0 Å². The van der Waals surface area contributed by atoms with Crippen molar-refractivity contribution in [3.05, 3.63) is 0 Å². The van der Waals surface area contributed by atoms with E-state index in [0.717, 1.165) is 32.7 Å². The van der Waals surface area contributed by atoms with Crippen LogP contribution in [0, 0.1) is 5.41 Å². The van der Waals surface area contributed by atoms with Crippen molar-refractivity contribution in [1.82, 2.24) is 15.1 Å². The maximum atomic E-state index is 9.61. The lowest BCUT2D eigenvalue weighted by Crippen LogP contribution is -2.49. The standard InChI is InChI=1S/C18H37N3O2/c1-18(2,3)14-17(15-22)19-16-4-6-20(7-5-16)8-9-21-10-12-23-13-11-21/h16-17,19,22H,4-15H2,1-3H3. The molecule has 2 heterocycles. The van der Waals surface area contributed by atoms with Crippen LogP contribution in [0.15, 0.2) is 0 Å². The number of morpholine rings is 1. The van der Waals surface area contributed by atoms with Gasteiger partial charge >= 0.3 is 0 Å². The van der Waals surface area contributed by atoms with E-state index >= 15 is 0 Å². The Bertz CT molecular complexity index is 319. The molecule has 0 radical (unpaired) electrons. The van der Waals surface area contributed by atoms with Gasteiger partial charge in [0.15, 0.2) is 0 Å². The molecule has 0 spiro atoms. The highest BCUT2D eigenvalue weighted by Gasteiger charge is 2.24. The summed E-state index contributed by atoms with van der Waals surface area (Å²) in [6.07, 6.45) is 3.42. The van der Waals surface area contributed by atoms with Gasteiger partial charge in [-0.3, -0.25) is 4.90 Å². The summed E-state index contributed by atoms with van der Waals surface area (Å²) in [5.41, 5.74) is 0.263. The highest BCUT2D eigenvalue weighted by atomic mass is 16.5. The van der Waals surface area contributed by atoms with E-state index in [0.29, 0.717) is 6.04 Å². The topological polar surface area (TPSA) is 48.0 Å². The van der Waals surface area contributed by atoms with Crippen LogP contribution < -0.4 is 5.32 Å². The molecule has 1 atom stereocenters. The van der Waals surface area contributed by atoms with Crippen molar-refractivity contribution in [3.8, 4) is 0 Å². The van der Waals surface area contributed by atoms with Crippen molar-refractivity contribution < 1.29 is 9.84 Å². The number of aliphatic hydroxyl groups excluding tert-OH is 1. The van der Waals surface area contributed by atoms with Gasteiger partial charge in [0, 0.05) is 38.3 Å². The van der Waals surface area contributed by atoms with E-state index in [2.05, 4.69) is 35.9 Å². The summed E-state index contributed by atoms with van der Waals surface area (Å²) in [6, 6.07) is 0.800. The predicted molar refractivity (Wildman–Crippen MR) is 94.8 cm³/mol. The van der Waals surface area contributed by atoms with E-state index < -0.39 is 0 Å². The summed E-state index contributed by atoms with van der Waals surface area (Å²) < 4.78 is 5.40. The Kier molecular flexibility index (Phi) is 7.76. The molecule has 136 valence electrons. The van der Waals surface area contributed by atoms with E-state index in [1.165, 1.54) is 39.0 Å². The molecule has 5 nitrogen and oxygen atoms in total. The molecular formula is C18H37N3O2. The fourth-order valence-corrected chi connectivity index (χ4v) is 3.68. The first-order valence-electron chi connectivity index (χ1n) is 9.35. The molecule has 2 fully saturated rings. The highest BCUT2D eigenvalue weighted by Crippen LogP contribution is 2.22. The molecule has 0 amide bonds. The van der Waals surface area contributed by atoms with E-state index in [1.54, 1.807) is 0 Å². The Hall–Kier alpha value is -0.200. The normalized spacial score (nSPS) is 24.0. The smallest absolute Gasteiger partial charge is 0.0594 e. The van der Waals surface area contributed by atoms with E-state index in [1.807, 2.05) is 0 Å². The number of ether oxygens (including phenoxy) is 1. The molecule has 2 aliphatic rings. The summed E-state index contributed by atoms with van der Waals surface area (Å²) in [5, 5.41) is 13.3. The average molecular weight is 328 g/mol. The quantitative estimate of drug-likeness (QED) is 0.735. The molecule has 1 unspecified atom stereocenters. The third kappa shape index (κ3) is 7.48. The number of piperidine rings is 1. The van der Waals surface area contributed by atoms with Gasteiger partial charge in [-0.1, -0.05) is 20.8 Å². The van der Waals surface area contributed by atoms with E-state index in [9.17, 15) is 5.11 Å². The van der Waals surface area contributed by atoms with E-state index in [-0.39, 0.29) is 18.1 Å². The van der Waals surface area contributed by atoms with E-state index in [4.69, 9.17) is 4.74 Å². The number of rotatable bonds is 7. The van der Waals surface area contributed by atoms with Crippen LogP contribution in [-0.4, -0.2) is 86.1 Å². The lowest BCUT2D eigenvalue weighted by atomic mass is 9.87. The van der Waals surface area contributed by atoms with Crippen LogP contribution in [0.3, 0.4) is 0 Å². The van der Waals surface area contributed by atoms with Gasteiger partial charge < -0.3 is 20.1 Å². The Labute approximate surface area is 142 Å². The molecule has 5 heteroatoms. The van der Waals surface area contributed by atoms with Gasteiger partial charge in [0.25, 0.3) is 0 Å². The first kappa shape index (κ1) is 19.1.